The molecule has 0 aromatic heterocycles. The van der Waals surface area contributed by atoms with Gasteiger partial charge in [-0.1, -0.05) is 40.8 Å². The molecule has 2 amide bonds. The first-order valence-corrected chi connectivity index (χ1v) is 13.2. The van der Waals surface area contributed by atoms with Gasteiger partial charge in [-0.2, -0.15) is 0 Å². The molecule has 180 valence electrons. The lowest BCUT2D eigenvalue weighted by Gasteiger charge is -2.44. The number of carbonyl (C=O) groups is 3. The predicted molar refractivity (Wildman–Crippen MR) is 132 cm³/mol. The molecule has 3 heterocycles. The molecule has 3 aliphatic rings. The van der Waals surface area contributed by atoms with Gasteiger partial charge in [0.05, 0.1) is 12.2 Å². The smallest absolute Gasteiger partial charge is 0.330 e. The largest absolute Gasteiger partial charge is 0.484 e. The first-order valence-electron chi connectivity index (χ1n) is 11.1. The van der Waals surface area contributed by atoms with Crippen LogP contribution in [0.1, 0.15) is 33.6 Å². The summed E-state index contributed by atoms with van der Waals surface area (Å²) in [5, 5.41) is 2.44. The van der Waals surface area contributed by atoms with Gasteiger partial charge in [-0.25, -0.2) is 4.79 Å². The molecule has 3 aliphatic heterocycles. The van der Waals surface area contributed by atoms with E-state index in [0.29, 0.717) is 9.67 Å². The Balaban J connectivity index is 1.30. The van der Waals surface area contributed by atoms with Crippen molar-refractivity contribution in [1.82, 2.24) is 10.2 Å². The Morgan fingerprint density at radius 3 is 2.70 bits per heavy atom. The third-order valence-electron chi connectivity index (χ3n) is 6.19. The molecule has 0 radical (unpaired) electrons. The average Bonchev–Trinajstić information content (AvgIpc) is 3.05. The van der Waals surface area contributed by atoms with Crippen LogP contribution in [-0.4, -0.2) is 74.2 Å². The normalized spacial score (nSPS) is 32.5. The van der Waals surface area contributed by atoms with Crippen molar-refractivity contribution in [1.29, 1.82) is 0 Å². The highest BCUT2D eigenvalue weighted by Crippen LogP contribution is 2.51. The van der Waals surface area contributed by atoms with Crippen LogP contribution in [0.4, 0.5) is 0 Å². The van der Waals surface area contributed by atoms with Crippen LogP contribution >= 0.6 is 34.4 Å². The van der Waals surface area contributed by atoms with Crippen molar-refractivity contribution in [3.63, 3.8) is 0 Å². The fourth-order valence-corrected chi connectivity index (χ4v) is 6.57. The molecule has 6 atom stereocenters. The van der Waals surface area contributed by atoms with Gasteiger partial charge in [0.25, 0.3) is 5.91 Å². The van der Waals surface area contributed by atoms with Crippen LogP contribution in [0.3, 0.4) is 0 Å². The molecule has 3 saturated heterocycles. The molecule has 1 N–H and O–H groups in total. The number of nitrogens with zero attached hydrogens (tertiary/aromatic N) is 1. The third kappa shape index (κ3) is 5.27. The van der Waals surface area contributed by atoms with Crippen LogP contribution < -0.4 is 10.1 Å². The Morgan fingerprint density at radius 1 is 1.27 bits per heavy atom. The number of amides is 2. The van der Waals surface area contributed by atoms with Crippen molar-refractivity contribution in [2.45, 2.75) is 72.0 Å². The van der Waals surface area contributed by atoms with Gasteiger partial charge >= 0.3 is 5.97 Å². The number of hydrogen-bond acceptors (Lipinski definition) is 7. The molecular formula is C23H29IN2O6S. The Labute approximate surface area is 211 Å². The molecule has 8 nitrogen and oxygen atoms in total. The Hall–Kier alpha value is -1.53. The molecular weight excluding hydrogens is 559 g/mol. The number of para-hydroxylation sites is 1. The molecule has 0 saturated carbocycles. The first-order chi connectivity index (χ1) is 15.7. The molecule has 1 aromatic carbocycles. The molecule has 4 rings (SSSR count). The number of fused-ring (bicyclic) bond motifs is 1. The topological polar surface area (TPSA) is 94.2 Å². The molecule has 10 heteroatoms. The lowest BCUT2D eigenvalue weighted by Crippen LogP contribution is -2.71. The number of rotatable bonds is 7. The number of alkyl halides is 1. The third-order valence-corrected chi connectivity index (χ3v) is 9.39. The maximum atomic E-state index is 13.0. The van der Waals surface area contributed by atoms with Gasteiger partial charge in [-0.05, 0) is 45.7 Å². The number of β-lactam (4-membered cyclic amide) rings is 1. The summed E-state index contributed by atoms with van der Waals surface area (Å²) in [5.41, 5.74) is 0. The van der Waals surface area contributed by atoms with Crippen LogP contribution in [0.2, 0.25) is 0 Å². The van der Waals surface area contributed by atoms with E-state index in [1.807, 2.05) is 39.0 Å². The maximum Gasteiger partial charge on any atom is 0.330 e. The number of hydrogen-bond donors (Lipinski definition) is 1. The van der Waals surface area contributed by atoms with E-state index in [9.17, 15) is 14.4 Å². The summed E-state index contributed by atoms with van der Waals surface area (Å²) < 4.78 is 16.9. The van der Waals surface area contributed by atoms with E-state index in [0.717, 1.165) is 12.8 Å². The van der Waals surface area contributed by atoms with Gasteiger partial charge in [0.2, 0.25) is 5.91 Å². The highest BCUT2D eigenvalue weighted by molar-refractivity contribution is 14.1. The van der Waals surface area contributed by atoms with Crippen molar-refractivity contribution < 1.29 is 28.6 Å². The Kier molecular flexibility index (Phi) is 7.44. The highest BCUT2D eigenvalue weighted by atomic mass is 127. The standard InChI is InChI=1S/C23H29IN2O6S/c1-13-16(24)10-9-15(32-13)11-31-22(29)19-23(2,3)33-21-18(20(28)26(19)21)25-17(27)12-30-14-7-5-4-6-8-14/h4-8,13,15-16,18-19,21H,9-12H2,1-3H3,(H,25,27). The monoisotopic (exact) mass is 588 g/mol. The van der Waals surface area contributed by atoms with Crippen LogP contribution in [0.5, 0.6) is 5.75 Å². The Morgan fingerprint density at radius 2 is 2.00 bits per heavy atom. The van der Waals surface area contributed by atoms with E-state index in [2.05, 4.69) is 27.9 Å². The zero-order valence-corrected chi connectivity index (χ0v) is 21.8. The van der Waals surface area contributed by atoms with Gasteiger partial charge in [0.15, 0.2) is 6.61 Å². The van der Waals surface area contributed by atoms with Crippen molar-refractivity contribution in [2.75, 3.05) is 13.2 Å². The van der Waals surface area contributed by atoms with Crippen LogP contribution in [0.15, 0.2) is 30.3 Å². The SMILES string of the molecule is CC1OC(COC(=O)C2N3C(=O)C(NC(=O)COc4ccccc4)C3SC2(C)C)CCC1I. The summed E-state index contributed by atoms with van der Waals surface area (Å²) in [4.78, 5) is 39.7. The minimum Gasteiger partial charge on any atom is -0.484 e. The summed E-state index contributed by atoms with van der Waals surface area (Å²) in [6, 6.07) is 7.63. The fourth-order valence-electron chi connectivity index (χ4n) is 4.42. The Bertz CT molecular complexity index is 900. The van der Waals surface area contributed by atoms with Gasteiger partial charge in [-0.3, -0.25) is 9.59 Å². The van der Waals surface area contributed by atoms with Gasteiger partial charge in [0.1, 0.15) is 29.8 Å². The number of ether oxygens (including phenoxy) is 3. The fraction of sp³-hybridized carbons (Fsp3) is 0.609. The maximum absolute atomic E-state index is 13.0. The lowest BCUT2D eigenvalue weighted by atomic mass is 9.96. The summed E-state index contributed by atoms with van der Waals surface area (Å²) in [6.45, 7) is 5.88. The zero-order chi connectivity index (χ0) is 23.8. The highest BCUT2D eigenvalue weighted by Gasteiger charge is 2.64. The lowest BCUT2D eigenvalue weighted by molar-refractivity contribution is -0.168. The average molecular weight is 588 g/mol. The second-order valence-corrected chi connectivity index (χ2v) is 12.5. The van der Waals surface area contributed by atoms with E-state index in [1.165, 1.54) is 11.8 Å². The van der Waals surface area contributed by atoms with Gasteiger partial charge in [0, 0.05) is 8.67 Å². The minimum atomic E-state index is -0.702. The van der Waals surface area contributed by atoms with Crippen molar-refractivity contribution in [3.8, 4) is 5.75 Å². The second kappa shape index (κ2) is 9.99. The number of halogens is 1. The van der Waals surface area contributed by atoms with Crippen LogP contribution in [0, 0.1) is 0 Å². The minimum absolute atomic E-state index is 0.119. The molecule has 0 spiro atoms. The predicted octanol–water partition coefficient (Wildman–Crippen LogP) is 2.53. The van der Waals surface area contributed by atoms with Crippen LogP contribution in [0.25, 0.3) is 0 Å². The van der Waals surface area contributed by atoms with Crippen molar-refractivity contribution >= 4 is 52.1 Å². The van der Waals surface area contributed by atoms with Crippen molar-refractivity contribution in [2.24, 2.45) is 0 Å². The van der Waals surface area contributed by atoms with Gasteiger partial charge in [-0.15, -0.1) is 11.8 Å². The van der Waals surface area contributed by atoms with Gasteiger partial charge < -0.3 is 24.4 Å². The molecule has 0 bridgehead atoms. The number of carbonyl (C=O) groups excluding carboxylic acids is 3. The summed E-state index contributed by atoms with van der Waals surface area (Å²) in [6.07, 6.45) is 1.87. The number of esters is 1. The first kappa shape index (κ1) is 24.6. The second-order valence-electron chi connectivity index (χ2n) is 9.09. The van der Waals surface area contributed by atoms with E-state index in [1.54, 1.807) is 17.0 Å². The molecule has 1 aromatic rings. The van der Waals surface area contributed by atoms with E-state index < -0.39 is 22.8 Å². The summed E-state index contributed by atoms with van der Waals surface area (Å²) in [5.74, 6) is -0.492. The summed E-state index contributed by atoms with van der Waals surface area (Å²) >= 11 is 3.89. The molecule has 0 aliphatic carbocycles. The van der Waals surface area contributed by atoms with E-state index in [4.69, 9.17) is 14.2 Å². The van der Waals surface area contributed by atoms with Crippen LogP contribution in [-0.2, 0) is 23.9 Å². The zero-order valence-electron chi connectivity index (χ0n) is 18.9. The number of thioether (sulfide) groups is 1. The molecule has 33 heavy (non-hydrogen) atoms. The molecule has 6 unspecified atom stereocenters. The number of nitrogens with one attached hydrogen (secondary N) is 1. The van der Waals surface area contributed by atoms with Crippen molar-refractivity contribution in [3.05, 3.63) is 30.3 Å². The number of benzene rings is 1. The summed E-state index contributed by atoms with van der Waals surface area (Å²) in [7, 11) is 0. The quantitative estimate of drug-likeness (QED) is 0.227. The van der Waals surface area contributed by atoms with E-state index >= 15 is 0 Å². The molecule has 3 fully saturated rings. The van der Waals surface area contributed by atoms with E-state index in [-0.39, 0.29) is 42.6 Å².